The first-order valence-corrected chi connectivity index (χ1v) is 5.40. The Kier molecular flexibility index (Phi) is 2.80. The van der Waals surface area contributed by atoms with Crippen LogP contribution in [0.1, 0.15) is 29.6 Å². The number of carbonyl (C=O) groups is 1. The predicted octanol–water partition coefficient (Wildman–Crippen LogP) is 3.98. The van der Waals surface area contributed by atoms with Crippen molar-refractivity contribution >= 4 is 29.0 Å². The van der Waals surface area contributed by atoms with Crippen LogP contribution in [0.15, 0.2) is 18.2 Å². The van der Waals surface area contributed by atoms with E-state index in [2.05, 4.69) is 0 Å². The van der Waals surface area contributed by atoms with Crippen LogP contribution in [0.3, 0.4) is 0 Å². The summed E-state index contributed by atoms with van der Waals surface area (Å²) in [5.41, 5.74) is 0.634. The molecule has 0 amide bonds. The van der Waals surface area contributed by atoms with Gasteiger partial charge in [0.1, 0.15) is 0 Å². The summed E-state index contributed by atoms with van der Waals surface area (Å²) in [6, 6.07) is 4.99. The first-order valence-electron chi connectivity index (χ1n) is 4.64. The van der Waals surface area contributed by atoms with Crippen molar-refractivity contribution < 1.29 is 4.79 Å². The second-order valence-electron chi connectivity index (χ2n) is 3.73. The van der Waals surface area contributed by atoms with E-state index in [0.717, 1.165) is 0 Å². The van der Waals surface area contributed by atoms with Crippen LogP contribution in [0.5, 0.6) is 0 Å². The second kappa shape index (κ2) is 3.92. The standard InChI is InChI=1S/C11H10Cl2O/c12-9-4-8(5-10(13)6-9)11(14)3-7-1-2-7/h4-7H,1-3H2. The Balaban J connectivity index is 2.17. The SMILES string of the molecule is O=C(CC1CC1)c1cc(Cl)cc(Cl)c1. The van der Waals surface area contributed by atoms with Crippen molar-refractivity contribution in [3.8, 4) is 0 Å². The van der Waals surface area contributed by atoms with Gasteiger partial charge < -0.3 is 0 Å². The number of carbonyl (C=O) groups excluding carboxylic acids is 1. The third-order valence-electron chi connectivity index (χ3n) is 2.36. The molecule has 0 unspecified atom stereocenters. The van der Waals surface area contributed by atoms with Gasteiger partial charge in [-0.1, -0.05) is 23.2 Å². The molecule has 74 valence electrons. The van der Waals surface area contributed by atoms with Gasteiger partial charge in [-0.05, 0) is 37.0 Å². The van der Waals surface area contributed by atoms with E-state index in [1.54, 1.807) is 18.2 Å². The summed E-state index contributed by atoms with van der Waals surface area (Å²) in [5, 5.41) is 1.05. The van der Waals surface area contributed by atoms with Gasteiger partial charge in [-0.2, -0.15) is 0 Å². The van der Waals surface area contributed by atoms with Crippen LogP contribution < -0.4 is 0 Å². The molecular weight excluding hydrogens is 219 g/mol. The highest BCUT2D eigenvalue weighted by atomic mass is 35.5. The van der Waals surface area contributed by atoms with Crippen molar-refractivity contribution in [1.29, 1.82) is 0 Å². The number of rotatable bonds is 3. The lowest BCUT2D eigenvalue weighted by Crippen LogP contribution is -1.99. The first-order chi connectivity index (χ1) is 6.65. The lowest BCUT2D eigenvalue weighted by Gasteiger charge is -2.01. The summed E-state index contributed by atoms with van der Waals surface area (Å²) in [4.78, 5) is 11.7. The van der Waals surface area contributed by atoms with Gasteiger partial charge >= 0.3 is 0 Å². The van der Waals surface area contributed by atoms with E-state index in [1.165, 1.54) is 12.8 Å². The van der Waals surface area contributed by atoms with Crippen molar-refractivity contribution in [3.05, 3.63) is 33.8 Å². The highest BCUT2D eigenvalue weighted by molar-refractivity contribution is 6.35. The molecule has 1 aliphatic rings. The van der Waals surface area contributed by atoms with Crippen molar-refractivity contribution in [1.82, 2.24) is 0 Å². The summed E-state index contributed by atoms with van der Waals surface area (Å²) in [6.07, 6.45) is 3.00. The molecule has 14 heavy (non-hydrogen) atoms. The molecule has 1 fully saturated rings. The van der Waals surface area contributed by atoms with Crippen LogP contribution in [0.4, 0.5) is 0 Å². The van der Waals surface area contributed by atoms with Gasteiger partial charge in [0.2, 0.25) is 0 Å². The van der Waals surface area contributed by atoms with E-state index in [-0.39, 0.29) is 5.78 Å². The Labute approximate surface area is 93.0 Å². The normalized spacial score (nSPS) is 15.6. The molecule has 2 rings (SSSR count). The highest BCUT2D eigenvalue weighted by Gasteiger charge is 2.25. The lowest BCUT2D eigenvalue weighted by atomic mass is 10.1. The zero-order valence-corrected chi connectivity index (χ0v) is 9.11. The molecule has 0 aromatic heterocycles. The van der Waals surface area contributed by atoms with Crippen LogP contribution >= 0.6 is 23.2 Å². The molecule has 0 radical (unpaired) electrons. The maximum atomic E-state index is 11.7. The lowest BCUT2D eigenvalue weighted by molar-refractivity contribution is 0.0976. The summed E-state index contributed by atoms with van der Waals surface area (Å²) in [6.45, 7) is 0. The number of Topliss-reactive ketones (excluding diaryl/α,β-unsaturated/α-hetero) is 1. The largest absolute Gasteiger partial charge is 0.294 e. The van der Waals surface area contributed by atoms with E-state index >= 15 is 0 Å². The predicted molar refractivity (Wildman–Crippen MR) is 58.1 cm³/mol. The fourth-order valence-corrected chi connectivity index (χ4v) is 1.94. The van der Waals surface area contributed by atoms with Gasteiger partial charge in [-0.25, -0.2) is 0 Å². The van der Waals surface area contributed by atoms with E-state index in [9.17, 15) is 4.79 Å². The summed E-state index contributed by atoms with van der Waals surface area (Å²) < 4.78 is 0. The number of benzene rings is 1. The van der Waals surface area contributed by atoms with Crippen LogP contribution in [-0.4, -0.2) is 5.78 Å². The molecule has 0 spiro atoms. The maximum Gasteiger partial charge on any atom is 0.163 e. The van der Waals surface area contributed by atoms with E-state index < -0.39 is 0 Å². The summed E-state index contributed by atoms with van der Waals surface area (Å²) >= 11 is 11.6. The Morgan fingerprint density at radius 1 is 1.21 bits per heavy atom. The van der Waals surface area contributed by atoms with Gasteiger partial charge in [0, 0.05) is 22.0 Å². The number of ketones is 1. The zero-order valence-electron chi connectivity index (χ0n) is 7.59. The molecule has 0 bridgehead atoms. The van der Waals surface area contributed by atoms with Gasteiger partial charge in [0.05, 0.1) is 0 Å². The van der Waals surface area contributed by atoms with Crippen LogP contribution in [-0.2, 0) is 0 Å². The molecule has 0 saturated heterocycles. The Morgan fingerprint density at radius 3 is 2.29 bits per heavy atom. The Bertz CT molecular complexity index is 349. The second-order valence-corrected chi connectivity index (χ2v) is 4.60. The molecule has 1 saturated carbocycles. The summed E-state index contributed by atoms with van der Waals surface area (Å²) in [7, 11) is 0. The molecule has 0 aliphatic heterocycles. The fourth-order valence-electron chi connectivity index (χ4n) is 1.42. The minimum absolute atomic E-state index is 0.150. The molecule has 3 heteroatoms. The van der Waals surface area contributed by atoms with E-state index in [1.807, 2.05) is 0 Å². The van der Waals surface area contributed by atoms with Crippen molar-refractivity contribution in [2.75, 3.05) is 0 Å². The molecule has 1 aromatic rings. The van der Waals surface area contributed by atoms with Gasteiger partial charge in [0.25, 0.3) is 0 Å². The van der Waals surface area contributed by atoms with Crippen LogP contribution in [0, 0.1) is 5.92 Å². The average molecular weight is 229 g/mol. The smallest absolute Gasteiger partial charge is 0.163 e. The first kappa shape index (κ1) is 10.0. The van der Waals surface area contributed by atoms with Gasteiger partial charge in [-0.15, -0.1) is 0 Å². The third kappa shape index (κ3) is 2.49. The van der Waals surface area contributed by atoms with E-state index in [4.69, 9.17) is 23.2 Å². The minimum Gasteiger partial charge on any atom is -0.294 e. The Hall–Kier alpha value is -0.530. The molecule has 1 nitrogen and oxygen atoms in total. The topological polar surface area (TPSA) is 17.1 Å². The highest BCUT2D eigenvalue weighted by Crippen LogP contribution is 2.34. The van der Waals surface area contributed by atoms with Crippen LogP contribution in [0.25, 0.3) is 0 Å². The average Bonchev–Trinajstić information content (AvgIpc) is 2.86. The summed E-state index contributed by atoms with van der Waals surface area (Å²) in [5.74, 6) is 0.747. The molecule has 0 N–H and O–H groups in total. The van der Waals surface area contributed by atoms with E-state index in [0.29, 0.717) is 27.9 Å². The molecule has 1 aromatic carbocycles. The van der Waals surface area contributed by atoms with Crippen LogP contribution in [0.2, 0.25) is 10.0 Å². The monoisotopic (exact) mass is 228 g/mol. The van der Waals surface area contributed by atoms with Crippen molar-refractivity contribution in [2.45, 2.75) is 19.3 Å². The number of hydrogen-bond donors (Lipinski definition) is 0. The van der Waals surface area contributed by atoms with Crippen molar-refractivity contribution in [2.24, 2.45) is 5.92 Å². The Morgan fingerprint density at radius 2 is 1.79 bits per heavy atom. The molecular formula is C11H10Cl2O. The van der Waals surface area contributed by atoms with Crippen molar-refractivity contribution in [3.63, 3.8) is 0 Å². The molecule has 0 atom stereocenters. The molecule has 1 aliphatic carbocycles. The molecule has 0 heterocycles. The number of hydrogen-bond acceptors (Lipinski definition) is 1. The fraction of sp³-hybridized carbons (Fsp3) is 0.364. The number of halogens is 2. The quantitative estimate of drug-likeness (QED) is 0.716. The third-order valence-corrected chi connectivity index (χ3v) is 2.79. The maximum absolute atomic E-state index is 11.7. The van der Waals surface area contributed by atoms with Gasteiger partial charge in [0.15, 0.2) is 5.78 Å². The zero-order chi connectivity index (χ0) is 10.1. The minimum atomic E-state index is 0.150. The van der Waals surface area contributed by atoms with Gasteiger partial charge in [-0.3, -0.25) is 4.79 Å².